The molecule has 0 aromatic heterocycles. The van der Waals surface area contributed by atoms with Gasteiger partial charge in [-0.1, -0.05) is 6.07 Å². The van der Waals surface area contributed by atoms with Crippen molar-refractivity contribution in [1.29, 1.82) is 0 Å². The fourth-order valence-corrected chi connectivity index (χ4v) is 4.90. The minimum atomic E-state index is -3.40. The summed E-state index contributed by atoms with van der Waals surface area (Å²) in [5.41, 5.74) is 6.19. The van der Waals surface area contributed by atoms with Crippen LogP contribution in [0.2, 0.25) is 0 Å². The van der Waals surface area contributed by atoms with Gasteiger partial charge in [-0.3, -0.25) is 0 Å². The lowest BCUT2D eigenvalue weighted by Gasteiger charge is -2.36. The van der Waals surface area contributed by atoms with Crippen LogP contribution in [0.15, 0.2) is 29.2 Å². The first-order valence-electron chi connectivity index (χ1n) is 7.67. The van der Waals surface area contributed by atoms with Crippen molar-refractivity contribution in [2.45, 2.75) is 36.6 Å². The summed E-state index contributed by atoms with van der Waals surface area (Å²) in [6, 6.07) is 7.12. The topological polar surface area (TPSA) is 66.6 Å². The van der Waals surface area contributed by atoms with Gasteiger partial charge in [0.1, 0.15) is 0 Å². The first-order valence-corrected chi connectivity index (χ1v) is 9.11. The van der Waals surface area contributed by atoms with Crippen LogP contribution in [0.4, 0.5) is 5.69 Å². The summed E-state index contributed by atoms with van der Waals surface area (Å²) in [5.74, 6) is 0. The van der Waals surface area contributed by atoms with Gasteiger partial charge in [0, 0.05) is 24.8 Å². The molecule has 3 rings (SSSR count). The number of rotatable bonds is 3. The zero-order valence-electron chi connectivity index (χ0n) is 12.2. The highest BCUT2D eigenvalue weighted by atomic mass is 32.2. The number of nitrogen functional groups attached to an aromatic ring is 1. The van der Waals surface area contributed by atoms with Gasteiger partial charge in [-0.15, -0.1) is 0 Å². The van der Waals surface area contributed by atoms with Gasteiger partial charge < -0.3 is 10.6 Å². The van der Waals surface area contributed by atoms with E-state index in [2.05, 4.69) is 4.90 Å². The molecule has 2 N–H and O–H groups in total. The van der Waals surface area contributed by atoms with Crippen LogP contribution >= 0.6 is 0 Å². The molecule has 1 aromatic carbocycles. The molecule has 2 aliphatic rings. The number of nitrogens with zero attached hydrogens (tertiary/aromatic N) is 2. The lowest BCUT2D eigenvalue weighted by Crippen LogP contribution is -2.45. The van der Waals surface area contributed by atoms with E-state index in [1.54, 1.807) is 28.6 Å². The van der Waals surface area contributed by atoms with Crippen molar-refractivity contribution in [3.63, 3.8) is 0 Å². The van der Waals surface area contributed by atoms with E-state index < -0.39 is 10.0 Å². The molecule has 2 aliphatic heterocycles. The fourth-order valence-electron chi connectivity index (χ4n) is 3.38. The molecule has 2 heterocycles. The first kappa shape index (κ1) is 14.8. The second kappa shape index (κ2) is 5.94. The summed E-state index contributed by atoms with van der Waals surface area (Å²) in [7, 11) is -3.40. The SMILES string of the molecule is Nc1cccc(S(=O)(=O)N2CCC(N3CCCC3)CC2)c1. The summed E-state index contributed by atoms with van der Waals surface area (Å²) < 4.78 is 26.9. The van der Waals surface area contributed by atoms with E-state index in [9.17, 15) is 8.42 Å². The molecule has 1 aromatic rings. The summed E-state index contributed by atoms with van der Waals surface area (Å²) in [6.07, 6.45) is 4.42. The Morgan fingerprint density at radius 3 is 2.33 bits per heavy atom. The fraction of sp³-hybridized carbons (Fsp3) is 0.600. The highest BCUT2D eigenvalue weighted by Gasteiger charge is 2.32. The predicted octanol–water partition coefficient (Wildman–Crippen LogP) is 1.52. The van der Waals surface area contributed by atoms with Crippen LogP contribution in [0.25, 0.3) is 0 Å². The molecule has 0 atom stereocenters. The van der Waals surface area contributed by atoms with E-state index in [1.165, 1.54) is 25.9 Å². The maximum atomic E-state index is 12.6. The molecular weight excluding hydrogens is 286 g/mol. The third-order valence-corrected chi connectivity index (χ3v) is 6.47. The Morgan fingerprint density at radius 1 is 1.05 bits per heavy atom. The molecular formula is C15H23N3O2S. The predicted molar refractivity (Wildman–Crippen MR) is 83.4 cm³/mol. The van der Waals surface area contributed by atoms with Crippen LogP contribution in [0.3, 0.4) is 0 Å². The third-order valence-electron chi connectivity index (χ3n) is 4.58. The summed E-state index contributed by atoms with van der Waals surface area (Å²) in [5, 5.41) is 0. The summed E-state index contributed by atoms with van der Waals surface area (Å²) >= 11 is 0. The van der Waals surface area contributed by atoms with E-state index in [0.29, 0.717) is 29.7 Å². The number of hydrogen-bond donors (Lipinski definition) is 1. The lowest BCUT2D eigenvalue weighted by molar-refractivity contribution is 0.168. The minimum absolute atomic E-state index is 0.308. The number of likely N-dealkylation sites (tertiary alicyclic amines) is 1. The average Bonchev–Trinajstić information content (AvgIpc) is 3.02. The van der Waals surface area contributed by atoms with Crippen LogP contribution in [0, 0.1) is 0 Å². The van der Waals surface area contributed by atoms with Crippen molar-refractivity contribution < 1.29 is 8.42 Å². The van der Waals surface area contributed by atoms with Crippen molar-refractivity contribution in [2.75, 3.05) is 31.9 Å². The summed E-state index contributed by atoms with van der Waals surface area (Å²) in [4.78, 5) is 2.83. The second-order valence-electron chi connectivity index (χ2n) is 5.95. The molecule has 0 amide bonds. The highest BCUT2D eigenvalue weighted by Crippen LogP contribution is 2.25. The standard InChI is InChI=1S/C15H23N3O2S/c16-13-4-3-5-15(12-13)21(19,20)18-10-6-14(7-11-18)17-8-1-2-9-17/h3-5,12,14H,1-2,6-11,16H2. The van der Waals surface area contributed by atoms with E-state index in [4.69, 9.17) is 5.73 Å². The minimum Gasteiger partial charge on any atom is -0.399 e. The van der Waals surface area contributed by atoms with E-state index in [0.717, 1.165) is 12.8 Å². The van der Waals surface area contributed by atoms with Crippen molar-refractivity contribution >= 4 is 15.7 Å². The molecule has 0 aliphatic carbocycles. The van der Waals surface area contributed by atoms with Crippen LogP contribution in [-0.4, -0.2) is 49.8 Å². The maximum Gasteiger partial charge on any atom is 0.243 e. The van der Waals surface area contributed by atoms with Crippen molar-refractivity contribution in [2.24, 2.45) is 0 Å². The molecule has 0 radical (unpaired) electrons. The van der Waals surface area contributed by atoms with Crippen LogP contribution in [0.5, 0.6) is 0 Å². The highest BCUT2D eigenvalue weighted by molar-refractivity contribution is 7.89. The lowest BCUT2D eigenvalue weighted by atomic mass is 10.1. The number of benzene rings is 1. The Bertz CT molecular complexity index is 589. The van der Waals surface area contributed by atoms with E-state index >= 15 is 0 Å². The Kier molecular flexibility index (Phi) is 4.19. The second-order valence-corrected chi connectivity index (χ2v) is 7.89. The molecule has 116 valence electrons. The smallest absolute Gasteiger partial charge is 0.243 e. The number of sulfonamides is 1. The quantitative estimate of drug-likeness (QED) is 0.860. The molecule has 2 saturated heterocycles. The third kappa shape index (κ3) is 3.07. The average molecular weight is 309 g/mol. The Balaban J connectivity index is 1.68. The number of nitrogens with two attached hydrogens (primary N) is 1. The van der Waals surface area contributed by atoms with Crippen LogP contribution in [-0.2, 0) is 10.0 Å². The van der Waals surface area contributed by atoms with Gasteiger partial charge in [-0.2, -0.15) is 4.31 Å². The summed E-state index contributed by atoms with van der Waals surface area (Å²) in [6.45, 7) is 3.57. The van der Waals surface area contributed by atoms with Crippen LogP contribution < -0.4 is 5.73 Å². The van der Waals surface area contributed by atoms with Gasteiger partial charge in [-0.05, 0) is 57.0 Å². The van der Waals surface area contributed by atoms with Crippen molar-refractivity contribution in [1.82, 2.24) is 9.21 Å². The van der Waals surface area contributed by atoms with Gasteiger partial charge in [0.15, 0.2) is 0 Å². The number of hydrogen-bond acceptors (Lipinski definition) is 4. The molecule has 0 unspecified atom stereocenters. The number of anilines is 1. The van der Waals surface area contributed by atoms with Gasteiger partial charge >= 0.3 is 0 Å². The van der Waals surface area contributed by atoms with Crippen LogP contribution in [0.1, 0.15) is 25.7 Å². The normalized spacial score (nSPS) is 22.7. The van der Waals surface area contributed by atoms with Gasteiger partial charge in [0.25, 0.3) is 0 Å². The maximum absolute atomic E-state index is 12.6. The molecule has 0 bridgehead atoms. The van der Waals surface area contributed by atoms with Gasteiger partial charge in [-0.25, -0.2) is 8.42 Å². The van der Waals surface area contributed by atoms with Gasteiger partial charge in [0.2, 0.25) is 10.0 Å². The monoisotopic (exact) mass is 309 g/mol. The molecule has 5 nitrogen and oxygen atoms in total. The zero-order chi connectivity index (χ0) is 14.9. The molecule has 0 spiro atoms. The van der Waals surface area contributed by atoms with E-state index in [1.807, 2.05) is 0 Å². The Morgan fingerprint density at radius 2 is 1.71 bits per heavy atom. The Hall–Kier alpha value is -1.11. The molecule has 2 fully saturated rings. The Labute approximate surface area is 126 Å². The number of piperidine rings is 1. The zero-order valence-corrected chi connectivity index (χ0v) is 13.1. The van der Waals surface area contributed by atoms with Crippen molar-refractivity contribution in [3.8, 4) is 0 Å². The molecule has 0 saturated carbocycles. The largest absolute Gasteiger partial charge is 0.399 e. The molecule has 6 heteroatoms. The molecule has 21 heavy (non-hydrogen) atoms. The van der Waals surface area contributed by atoms with Gasteiger partial charge in [0.05, 0.1) is 4.90 Å². The van der Waals surface area contributed by atoms with E-state index in [-0.39, 0.29) is 0 Å². The van der Waals surface area contributed by atoms with Crippen molar-refractivity contribution in [3.05, 3.63) is 24.3 Å². The first-order chi connectivity index (χ1) is 10.1.